The zero-order valence-electron chi connectivity index (χ0n) is 16.0. The lowest BCUT2D eigenvalue weighted by molar-refractivity contribution is -0.141. The minimum atomic E-state index is 0.0378. The molecule has 3 saturated heterocycles. The van der Waals surface area contributed by atoms with Crippen LogP contribution in [0.3, 0.4) is 0 Å². The minimum Gasteiger partial charge on any atom is -0.375 e. The first-order chi connectivity index (χ1) is 12.6. The number of rotatable bonds is 4. The molecule has 0 aromatic carbocycles. The Bertz CT molecular complexity index is 615. The van der Waals surface area contributed by atoms with Crippen molar-refractivity contribution in [3.63, 3.8) is 0 Å². The third kappa shape index (κ3) is 4.32. The van der Waals surface area contributed by atoms with Gasteiger partial charge in [0.05, 0.1) is 5.60 Å². The number of ether oxygens (including phenoxy) is 1. The zero-order chi connectivity index (χ0) is 18.0. The molecule has 0 bridgehead atoms. The number of nitrogens with zero attached hydrogens (tertiary/aromatic N) is 2. The molecule has 0 radical (unpaired) electrons. The number of carbonyl (C=O) groups excluding carboxylic acids is 1. The van der Waals surface area contributed by atoms with E-state index in [1.54, 1.807) is 0 Å². The average Bonchev–Trinajstić information content (AvgIpc) is 3.29. The van der Waals surface area contributed by atoms with E-state index in [-0.39, 0.29) is 5.60 Å². The molecule has 1 unspecified atom stereocenters. The Morgan fingerprint density at radius 1 is 1.23 bits per heavy atom. The van der Waals surface area contributed by atoms with E-state index < -0.39 is 0 Å². The van der Waals surface area contributed by atoms with Gasteiger partial charge in [0.25, 0.3) is 0 Å². The van der Waals surface area contributed by atoms with Gasteiger partial charge < -0.3 is 9.64 Å². The summed E-state index contributed by atoms with van der Waals surface area (Å²) in [5.41, 5.74) is 0.0378. The van der Waals surface area contributed by atoms with E-state index in [1.165, 1.54) is 22.6 Å². The van der Waals surface area contributed by atoms with E-state index in [9.17, 15) is 4.79 Å². The Kier molecular flexibility index (Phi) is 5.67. The van der Waals surface area contributed by atoms with Crippen LogP contribution in [0.15, 0.2) is 12.1 Å². The van der Waals surface area contributed by atoms with Gasteiger partial charge in [-0.05, 0) is 63.5 Å². The minimum absolute atomic E-state index is 0.0378. The summed E-state index contributed by atoms with van der Waals surface area (Å²) in [6.07, 6.45) is 7.48. The molecule has 3 aliphatic heterocycles. The molecule has 1 aromatic rings. The van der Waals surface area contributed by atoms with E-state index in [4.69, 9.17) is 4.74 Å². The summed E-state index contributed by atoms with van der Waals surface area (Å²) in [5.74, 6) is 0.901. The fourth-order valence-corrected chi connectivity index (χ4v) is 5.84. The number of hydrogen-bond acceptors (Lipinski definition) is 4. The van der Waals surface area contributed by atoms with Crippen LogP contribution in [0.25, 0.3) is 0 Å². The normalized spacial score (nSPS) is 26.5. The summed E-state index contributed by atoms with van der Waals surface area (Å²) in [6, 6.07) is 4.49. The summed E-state index contributed by atoms with van der Waals surface area (Å²) in [4.78, 5) is 20.0. The second kappa shape index (κ2) is 7.99. The van der Waals surface area contributed by atoms with Crippen LogP contribution in [0.5, 0.6) is 0 Å². The maximum atomic E-state index is 12.5. The number of aryl methyl sites for hydroxylation is 1. The highest BCUT2D eigenvalue weighted by molar-refractivity contribution is 7.11. The molecule has 4 heterocycles. The van der Waals surface area contributed by atoms with Crippen LogP contribution >= 0.6 is 11.3 Å². The molecule has 4 nitrogen and oxygen atoms in total. The van der Waals surface area contributed by atoms with Crippen LogP contribution in [0, 0.1) is 12.8 Å². The molecular weight excluding hydrogens is 344 g/mol. The average molecular weight is 377 g/mol. The molecule has 1 aromatic heterocycles. The number of carbonyl (C=O) groups is 1. The highest BCUT2D eigenvalue weighted by Crippen LogP contribution is 2.39. The number of likely N-dealkylation sites (tertiary alicyclic amines) is 2. The van der Waals surface area contributed by atoms with E-state index in [2.05, 4.69) is 28.9 Å². The van der Waals surface area contributed by atoms with Crippen molar-refractivity contribution in [1.82, 2.24) is 9.80 Å². The molecule has 1 amide bonds. The highest BCUT2D eigenvalue weighted by Gasteiger charge is 2.41. The predicted octanol–water partition coefficient (Wildman–Crippen LogP) is 3.83. The van der Waals surface area contributed by atoms with Gasteiger partial charge >= 0.3 is 0 Å². The lowest BCUT2D eigenvalue weighted by Crippen LogP contribution is -2.49. The fraction of sp³-hybridized carbons (Fsp3) is 0.762. The van der Waals surface area contributed by atoms with Crippen LogP contribution in [0.1, 0.15) is 54.7 Å². The van der Waals surface area contributed by atoms with Crippen molar-refractivity contribution >= 4 is 17.2 Å². The van der Waals surface area contributed by atoms with E-state index in [0.717, 1.165) is 71.4 Å². The van der Waals surface area contributed by atoms with Gasteiger partial charge in [0.2, 0.25) is 5.91 Å². The van der Waals surface area contributed by atoms with Crippen LogP contribution in [-0.2, 0) is 16.1 Å². The summed E-state index contributed by atoms with van der Waals surface area (Å²) in [5, 5.41) is 0. The number of thiophene rings is 1. The van der Waals surface area contributed by atoms with E-state index in [1.807, 2.05) is 11.3 Å². The Morgan fingerprint density at radius 3 is 2.69 bits per heavy atom. The van der Waals surface area contributed by atoms with Gasteiger partial charge in [-0.25, -0.2) is 0 Å². The maximum Gasteiger partial charge on any atom is 0.222 e. The Balaban J connectivity index is 1.28. The molecule has 1 spiro atoms. The first kappa shape index (κ1) is 18.5. The zero-order valence-corrected chi connectivity index (χ0v) is 16.9. The van der Waals surface area contributed by atoms with Gasteiger partial charge in [0, 0.05) is 55.5 Å². The van der Waals surface area contributed by atoms with Crippen molar-refractivity contribution < 1.29 is 9.53 Å². The molecule has 0 N–H and O–H groups in total. The maximum absolute atomic E-state index is 12.5. The molecular formula is C21H32N2O2S. The quantitative estimate of drug-likeness (QED) is 0.801. The van der Waals surface area contributed by atoms with E-state index in [0.29, 0.717) is 11.8 Å². The van der Waals surface area contributed by atoms with Gasteiger partial charge in [0.1, 0.15) is 0 Å². The summed E-state index contributed by atoms with van der Waals surface area (Å²) in [7, 11) is 0. The van der Waals surface area contributed by atoms with Gasteiger partial charge in [0.15, 0.2) is 0 Å². The van der Waals surface area contributed by atoms with Crippen molar-refractivity contribution in [2.45, 2.75) is 64.0 Å². The lowest BCUT2D eigenvalue weighted by Gasteiger charge is -2.46. The van der Waals surface area contributed by atoms with Crippen LogP contribution < -0.4 is 0 Å². The van der Waals surface area contributed by atoms with Crippen molar-refractivity contribution in [3.05, 3.63) is 21.9 Å². The molecule has 3 fully saturated rings. The van der Waals surface area contributed by atoms with Crippen molar-refractivity contribution in [2.24, 2.45) is 5.92 Å². The van der Waals surface area contributed by atoms with Crippen LogP contribution in [0.4, 0.5) is 0 Å². The SMILES string of the molecule is Cc1ccc(CN2CCC3(CC2)CC(CC(=O)N2CCCC2)CCO3)s1. The predicted molar refractivity (Wildman–Crippen MR) is 105 cm³/mol. The third-order valence-corrected chi connectivity index (χ3v) is 7.45. The van der Waals surface area contributed by atoms with Crippen molar-refractivity contribution in [3.8, 4) is 0 Å². The Hall–Kier alpha value is -0.910. The Morgan fingerprint density at radius 2 is 2.00 bits per heavy atom. The first-order valence-corrected chi connectivity index (χ1v) is 11.1. The lowest BCUT2D eigenvalue weighted by atomic mass is 9.78. The van der Waals surface area contributed by atoms with Crippen LogP contribution in [0.2, 0.25) is 0 Å². The van der Waals surface area contributed by atoms with Gasteiger partial charge in [-0.1, -0.05) is 0 Å². The number of amides is 1. The first-order valence-electron chi connectivity index (χ1n) is 10.3. The summed E-state index contributed by atoms with van der Waals surface area (Å²) < 4.78 is 6.30. The number of piperidine rings is 1. The topological polar surface area (TPSA) is 32.8 Å². The van der Waals surface area contributed by atoms with Gasteiger partial charge in [-0.2, -0.15) is 0 Å². The van der Waals surface area contributed by atoms with Crippen LogP contribution in [-0.4, -0.2) is 54.1 Å². The molecule has 0 saturated carbocycles. The monoisotopic (exact) mass is 376 g/mol. The van der Waals surface area contributed by atoms with Crippen molar-refractivity contribution in [1.29, 1.82) is 0 Å². The highest BCUT2D eigenvalue weighted by atomic mass is 32.1. The summed E-state index contributed by atoms with van der Waals surface area (Å²) in [6.45, 7) is 8.27. The molecule has 144 valence electrons. The molecule has 5 heteroatoms. The molecule has 1 atom stereocenters. The Labute approximate surface area is 161 Å². The third-order valence-electron chi connectivity index (χ3n) is 6.46. The van der Waals surface area contributed by atoms with Gasteiger partial charge in [-0.3, -0.25) is 9.69 Å². The van der Waals surface area contributed by atoms with E-state index >= 15 is 0 Å². The number of hydrogen-bond donors (Lipinski definition) is 0. The smallest absolute Gasteiger partial charge is 0.222 e. The summed E-state index contributed by atoms with van der Waals surface area (Å²) >= 11 is 1.91. The molecule has 3 aliphatic rings. The molecule has 26 heavy (non-hydrogen) atoms. The molecule has 0 aliphatic carbocycles. The van der Waals surface area contributed by atoms with Crippen molar-refractivity contribution in [2.75, 3.05) is 32.8 Å². The standard InChI is InChI=1S/C21H32N2O2S/c1-17-4-5-19(26-17)16-22-11-7-21(8-12-22)15-18(6-13-25-21)14-20(24)23-9-2-3-10-23/h4-5,18H,2-3,6-16H2,1H3. The second-order valence-corrected chi connectivity index (χ2v) is 9.84. The van der Waals surface area contributed by atoms with Gasteiger partial charge in [-0.15, -0.1) is 11.3 Å². The molecule has 4 rings (SSSR count). The fourth-order valence-electron chi connectivity index (χ4n) is 4.90. The largest absolute Gasteiger partial charge is 0.375 e. The second-order valence-electron chi connectivity index (χ2n) is 8.47.